The molecule has 1 fully saturated rings. The lowest BCUT2D eigenvalue weighted by atomic mass is 10.2. The van der Waals surface area contributed by atoms with Crippen molar-refractivity contribution in [2.75, 3.05) is 18.6 Å². The molecule has 0 bridgehead atoms. The van der Waals surface area contributed by atoms with Gasteiger partial charge in [-0.3, -0.25) is 4.99 Å². The number of aliphatic imine (C=N–C) groups is 1. The van der Waals surface area contributed by atoms with Crippen LogP contribution in [-0.2, 0) is 0 Å². The first-order valence-electron chi connectivity index (χ1n) is 5.19. The second-order valence-corrected chi connectivity index (χ2v) is 6.16. The third-order valence-electron chi connectivity index (χ3n) is 2.13. The van der Waals surface area contributed by atoms with Crippen molar-refractivity contribution >= 4 is 28.7 Å². The lowest BCUT2D eigenvalue weighted by Crippen LogP contribution is -2.38. The lowest BCUT2D eigenvalue weighted by molar-refractivity contribution is 0.597. The molecule has 0 saturated carbocycles. The summed E-state index contributed by atoms with van der Waals surface area (Å²) >= 11 is 3.77. The summed E-state index contributed by atoms with van der Waals surface area (Å²) in [5, 5.41) is 5.29. The Labute approximate surface area is 95.7 Å². The molecular formula is C10H20N2S2. The van der Waals surface area contributed by atoms with Crippen molar-refractivity contribution in [1.82, 2.24) is 5.32 Å². The molecule has 0 amide bonds. The number of thioether (sulfide) groups is 2. The highest BCUT2D eigenvalue weighted by atomic mass is 32.2. The first-order valence-corrected chi connectivity index (χ1v) is 7.46. The fraction of sp³-hybridized carbons (Fsp3) is 0.900. The molecule has 0 aromatic carbocycles. The Balaban J connectivity index is 2.27. The molecule has 82 valence electrons. The quantitative estimate of drug-likeness (QED) is 0.754. The van der Waals surface area contributed by atoms with Gasteiger partial charge in [0.05, 0.1) is 0 Å². The van der Waals surface area contributed by atoms with Crippen molar-refractivity contribution in [2.45, 2.75) is 38.0 Å². The third-order valence-corrected chi connectivity index (χ3v) is 3.89. The molecular weight excluding hydrogens is 212 g/mol. The van der Waals surface area contributed by atoms with Gasteiger partial charge in [-0.05, 0) is 31.8 Å². The van der Waals surface area contributed by atoms with E-state index in [1.807, 2.05) is 23.5 Å². The molecule has 1 saturated heterocycles. The topological polar surface area (TPSA) is 24.4 Å². The van der Waals surface area contributed by atoms with Crippen LogP contribution in [0.15, 0.2) is 4.99 Å². The molecule has 4 heteroatoms. The van der Waals surface area contributed by atoms with Crippen molar-refractivity contribution in [1.29, 1.82) is 0 Å². The maximum Gasteiger partial charge on any atom is 0.157 e. The monoisotopic (exact) mass is 232 g/mol. The van der Waals surface area contributed by atoms with Crippen LogP contribution in [0, 0.1) is 0 Å². The Hall–Kier alpha value is 0.170. The smallest absolute Gasteiger partial charge is 0.157 e. The van der Waals surface area contributed by atoms with Crippen LogP contribution in [0.4, 0.5) is 0 Å². The van der Waals surface area contributed by atoms with Gasteiger partial charge in [0.2, 0.25) is 0 Å². The van der Waals surface area contributed by atoms with Crippen LogP contribution in [0.5, 0.6) is 0 Å². The third kappa shape index (κ3) is 4.60. The second-order valence-electron chi connectivity index (χ2n) is 3.74. The molecule has 14 heavy (non-hydrogen) atoms. The Kier molecular flexibility index (Phi) is 5.78. The van der Waals surface area contributed by atoms with E-state index in [1.54, 1.807) is 0 Å². The number of nitrogens with one attached hydrogen (secondary N) is 1. The van der Waals surface area contributed by atoms with Gasteiger partial charge in [-0.2, -0.15) is 11.8 Å². The summed E-state index contributed by atoms with van der Waals surface area (Å²) in [5.41, 5.74) is 0. The molecule has 0 radical (unpaired) electrons. The van der Waals surface area contributed by atoms with Crippen LogP contribution in [-0.4, -0.2) is 35.0 Å². The van der Waals surface area contributed by atoms with Crippen molar-refractivity contribution < 1.29 is 0 Å². The molecule has 1 heterocycles. The Morgan fingerprint density at radius 3 is 3.00 bits per heavy atom. The number of nitrogens with zero attached hydrogens (tertiary/aromatic N) is 1. The fourth-order valence-electron chi connectivity index (χ4n) is 1.51. The molecule has 0 aromatic rings. The predicted octanol–water partition coefficient (Wildman–Crippen LogP) is 2.60. The standard InChI is InChI=1S/C10H20N2S2/c1-8-7-9(2)14-10(12-8)11-5-4-6-13-3/h8-9H,4-7H2,1-3H3,(H,11,12). The van der Waals surface area contributed by atoms with E-state index in [4.69, 9.17) is 0 Å². The van der Waals surface area contributed by atoms with Crippen LogP contribution in [0.2, 0.25) is 0 Å². The van der Waals surface area contributed by atoms with E-state index < -0.39 is 0 Å². The molecule has 0 aliphatic carbocycles. The van der Waals surface area contributed by atoms with Gasteiger partial charge in [0.25, 0.3) is 0 Å². The zero-order valence-electron chi connectivity index (χ0n) is 9.25. The minimum absolute atomic E-state index is 0.588. The summed E-state index contributed by atoms with van der Waals surface area (Å²) in [6.45, 7) is 5.47. The zero-order valence-corrected chi connectivity index (χ0v) is 10.9. The summed E-state index contributed by atoms with van der Waals surface area (Å²) in [6.07, 6.45) is 4.58. The van der Waals surface area contributed by atoms with E-state index in [2.05, 4.69) is 30.4 Å². The predicted molar refractivity (Wildman–Crippen MR) is 69.6 cm³/mol. The Morgan fingerprint density at radius 1 is 1.57 bits per heavy atom. The van der Waals surface area contributed by atoms with Gasteiger partial charge in [-0.15, -0.1) is 0 Å². The number of hydrogen-bond donors (Lipinski definition) is 1. The van der Waals surface area contributed by atoms with E-state index in [-0.39, 0.29) is 0 Å². The van der Waals surface area contributed by atoms with Crippen molar-refractivity contribution in [3.63, 3.8) is 0 Å². The van der Waals surface area contributed by atoms with Gasteiger partial charge >= 0.3 is 0 Å². The maximum atomic E-state index is 4.58. The molecule has 2 atom stereocenters. The summed E-state index contributed by atoms with van der Waals surface area (Å²) in [7, 11) is 0. The lowest BCUT2D eigenvalue weighted by Gasteiger charge is -2.26. The van der Waals surface area contributed by atoms with E-state index >= 15 is 0 Å². The minimum atomic E-state index is 0.588. The van der Waals surface area contributed by atoms with Gasteiger partial charge in [0.15, 0.2) is 5.17 Å². The first kappa shape index (κ1) is 12.2. The van der Waals surface area contributed by atoms with Crippen molar-refractivity contribution in [3.05, 3.63) is 0 Å². The van der Waals surface area contributed by atoms with E-state index in [1.165, 1.54) is 18.6 Å². The van der Waals surface area contributed by atoms with Crippen LogP contribution >= 0.6 is 23.5 Å². The van der Waals surface area contributed by atoms with Crippen molar-refractivity contribution in [2.24, 2.45) is 4.99 Å². The molecule has 1 aliphatic heterocycles. The number of hydrogen-bond acceptors (Lipinski definition) is 3. The van der Waals surface area contributed by atoms with E-state index in [9.17, 15) is 0 Å². The highest BCUT2D eigenvalue weighted by Crippen LogP contribution is 2.22. The summed E-state index contributed by atoms with van der Waals surface area (Å²) in [5.74, 6) is 1.21. The van der Waals surface area contributed by atoms with Gasteiger partial charge in [-0.25, -0.2) is 0 Å². The molecule has 0 spiro atoms. The van der Waals surface area contributed by atoms with E-state index in [0.717, 1.165) is 11.7 Å². The van der Waals surface area contributed by atoms with Crippen molar-refractivity contribution in [3.8, 4) is 0 Å². The fourth-order valence-corrected chi connectivity index (χ4v) is 3.13. The average molecular weight is 232 g/mol. The Morgan fingerprint density at radius 2 is 2.36 bits per heavy atom. The van der Waals surface area contributed by atoms with Crippen LogP contribution in [0.3, 0.4) is 0 Å². The molecule has 0 aromatic heterocycles. The highest BCUT2D eigenvalue weighted by molar-refractivity contribution is 8.14. The van der Waals surface area contributed by atoms with Gasteiger partial charge in [0.1, 0.15) is 0 Å². The number of amidine groups is 1. The summed E-state index contributed by atoms with van der Waals surface area (Å²) in [6, 6.07) is 0.588. The summed E-state index contributed by atoms with van der Waals surface area (Å²) < 4.78 is 0. The normalized spacial score (nSPS) is 30.4. The highest BCUT2D eigenvalue weighted by Gasteiger charge is 2.19. The van der Waals surface area contributed by atoms with Crippen LogP contribution < -0.4 is 5.32 Å². The molecule has 2 nitrogen and oxygen atoms in total. The van der Waals surface area contributed by atoms with Gasteiger partial charge in [-0.1, -0.05) is 18.7 Å². The molecule has 1 rings (SSSR count). The summed E-state index contributed by atoms with van der Waals surface area (Å²) in [4.78, 5) is 4.58. The van der Waals surface area contributed by atoms with E-state index in [0.29, 0.717) is 11.3 Å². The maximum absolute atomic E-state index is 4.58. The van der Waals surface area contributed by atoms with Crippen LogP contribution in [0.1, 0.15) is 26.7 Å². The number of rotatable bonds is 4. The second kappa shape index (κ2) is 6.62. The van der Waals surface area contributed by atoms with Crippen LogP contribution in [0.25, 0.3) is 0 Å². The Bertz CT molecular complexity index is 183. The minimum Gasteiger partial charge on any atom is -0.362 e. The molecule has 1 aliphatic rings. The molecule has 2 unspecified atom stereocenters. The largest absolute Gasteiger partial charge is 0.362 e. The van der Waals surface area contributed by atoms with Gasteiger partial charge < -0.3 is 5.32 Å². The van der Waals surface area contributed by atoms with Gasteiger partial charge in [0, 0.05) is 17.8 Å². The first-order chi connectivity index (χ1) is 6.72. The SMILES string of the molecule is CSCCCN=C1NC(C)CC(C)S1. The zero-order chi connectivity index (χ0) is 10.4. The molecule has 1 N–H and O–H groups in total. The average Bonchev–Trinajstić information content (AvgIpc) is 2.11.